The average molecular weight is 355 g/mol. The van der Waals surface area contributed by atoms with Crippen molar-refractivity contribution in [3.05, 3.63) is 48.0 Å². The van der Waals surface area contributed by atoms with E-state index in [1.165, 1.54) is 5.56 Å². The summed E-state index contributed by atoms with van der Waals surface area (Å²) in [6.07, 6.45) is 3.18. The third-order valence-electron chi connectivity index (χ3n) is 5.61. The van der Waals surface area contributed by atoms with Gasteiger partial charge in [-0.15, -0.1) is 6.58 Å². The van der Waals surface area contributed by atoms with E-state index in [1.807, 2.05) is 49.2 Å². The second kappa shape index (κ2) is 8.04. The maximum Gasteiger partial charge on any atom is 0.228 e. The van der Waals surface area contributed by atoms with E-state index in [0.717, 1.165) is 44.7 Å². The predicted molar refractivity (Wildman–Crippen MR) is 103 cm³/mol. The van der Waals surface area contributed by atoms with Crippen LogP contribution >= 0.6 is 0 Å². The van der Waals surface area contributed by atoms with Crippen LogP contribution < -0.4 is 0 Å². The third kappa shape index (κ3) is 3.83. The van der Waals surface area contributed by atoms with Crippen molar-refractivity contribution in [2.75, 3.05) is 39.8 Å². The van der Waals surface area contributed by atoms with Gasteiger partial charge in [-0.25, -0.2) is 0 Å². The van der Waals surface area contributed by atoms with Crippen molar-refractivity contribution in [1.82, 2.24) is 14.7 Å². The van der Waals surface area contributed by atoms with Crippen molar-refractivity contribution in [3.8, 4) is 0 Å². The van der Waals surface area contributed by atoms with E-state index in [2.05, 4.69) is 11.5 Å². The summed E-state index contributed by atoms with van der Waals surface area (Å²) in [6, 6.07) is 8.02. The predicted octanol–water partition coefficient (Wildman–Crippen LogP) is 2.23. The van der Waals surface area contributed by atoms with Gasteiger partial charge in [-0.2, -0.15) is 0 Å². The van der Waals surface area contributed by atoms with Crippen molar-refractivity contribution in [2.45, 2.75) is 25.8 Å². The molecule has 140 valence electrons. The number of rotatable bonds is 4. The first-order chi connectivity index (χ1) is 12.5. The number of nitrogens with zero attached hydrogens (tertiary/aromatic N) is 3. The molecule has 5 heteroatoms. The number of aryl methyl sites for hydroxylation is 1. The van der Waals surface area contributed by atoms with Crippen LogP contribution in [0.4, 0.5) is 0 Å². The number of carbonyl (C=O) groups excluding carboxylic acids is 2. The number of hydrogen-bond donors (Lipinski definition) is 0. The molecule has 2 heterocycles. The van der Waals surface area contributed by atoms with Crippen LogP contribution in [0.2, 0.25) is 0 Å². The molecular weight excluding hydrogens is 326 g/mol. The minimum absolute atomic E-state index is 0.0528. The van der Waals surface area contributed by atoms with Gasteiger partial charge in [-0.1, -0.05) is 35.9 Å². The van der Waals surface area contributed by atoms with E-state index in [-0.39, 0.29) is 23.8 Å². The summed E-state index contributed by atoms with van der Waals surface area (Å²) in [5.74, 6) is -0.119. The summed E-state index contributed by atoms with van der Waals surface area (Å²) < 4.78 is 0. The number of carbonyl (C=O) groups is 2. The lowest BCUT2D eigenvalue weighted by Crippen LogP contribution is -2.40. The van der Waals surface area contributed by atoms with Crippen molar-refractivity contribution >= 4 is 11.8 Å². The van der Waals surface area contributed by atoms with E-state index < -0.39 is 0 Å². The van der Waals surface area contributed by atoms with Gasteiger partial charge >= 0.3 is 0 Å². The molecule has 0 radical (unpaired) electrons. The van der Waals surface area contributed by atoms with Crippen LogP contribution in [0.15, 0.2) is 36.9 Å². The van der Waals surface area contributed by atoms with Gasteiger partial charge in [0.1, 0.15) is 0 Å². The Hall–Kier alpha value is -2.14. The van der Waals surface area contributed by atoms with Gasteiger partial charge in [0.05, 0.1) is 12.0 Å². The molecule has 0 aromatic heterocycles. The summed E-state index contributed by atoms with van der Waals surface area (Å²) in [7, 11) is 1.81. The largest absolute Gasteiger partial charge is 0.341 e. The minimum atomic E-state index is -0.291. The van der Waals surface area contributed by atoms with Crippen LogP contribution in [0, 0.1) is 12.8 Å². The molecule has 26 heavy (non-hydrogen) atoms. The highest BCUT2D eigenvalue weighted by Crippen LogP contribution is 2.38. The van der Waals surface area contributed by atoms with Crippen LogP contribution in [0.3, 0.4) is 0 Å². The van der Waals surface area contributed by atoms with Crippen LogP contribution in [0.1, 0.15) is 30.0 Å². The molecule has 2 fully saturated rings. The molecule has 2 aliphatic heterocycles. The van der Waals surface area contributed by atoms with Crippen molar-refractivity contribution in [1.29, 1.82) is 0 Å². The van der Waals surface area contributed by atoms with Gasteiger partial charge in [0.25, 0.3) is 0 Å². The quantitative estimate of drug-likeness (QED) is 0.778. The normalized spacial score (nSPS) is 24.6. The van der Waals surface area contributed by atoms with Crippen LogP contribution in [-0.2, 0) is 9.59 Å². The van der Waals surface area contributed by atoms with Crippen molar-refractivity contribution in [3.63, 3.8) is 0 Å². The molecule has 3 rings (SSSR count). The van der Waals surface area contributed by atoms with Crippen LogP contribution in [0.25, 0.3) is 0 Å². The number of amides is 2. The molecular formula is C21H29N3O2. The molecule has 2 amide bonds. The Kier molecular flexibility index (Phi) is 5.77. The van der Waals surface area contributed by atoms with E-state index in [4.69, 9.17) is 0 Å². The zero-order valence-electron chi connectivity index (χ0n) is 15.9. The molecule has 1 aromatic rings. The van der Waals surface area contributed by atoms with Gasteiger partial charge in [0, 0.05) is 46.2 Å². The molecule has 0 N–H and O–H groups in total. The van der Waals surface area contributed by atoms with Gasteiger partial charge in [-0.3, -0.25) is 14.5 Å². The minimum Gasteiger partial charge on any atom is -0.341 e. The number of likely N-dealkylation sites (tertiary alicyclic amines) is 1. The fraction of sp³-hybridized carbons (Fsp3) is 0.524. The first kappa shape index (κ1) is 18.6. The highest BCUT2D eigenvalue weighted by Gasteiger charge is 2.44. The highest BCUT2D eigenvalue weighted by molar-refractivity contribution is 5.90. The molecule has 0 spiro atoms. The maximum absolute atomic E-state index is 13.3. The Labute approximate surface area is 156 Å². The summed E-state index contributed by atoms with van der Waals surface area (Å²) >= 11 is 0. The van der Waals surface area contributed by atoms with E-state index in [1.54, 1.807) is 4.90 Å². The first-order valence-electron chi connectivity index (χ1n) is 9.45. The topological polar surface area (TPSA) is 43.9 Å². The Morgan fingerprint density at radius 3 is 2.62 bits per heavy atom. The Morgan fingerprint density at radius 2 is 1.92 bits per heavy atom. The Morgan fingerprint density at radius 1 is 1.19 bits per heavy atom. The van der Waals surface area contributed by atoms with Gasteiger partial charge in [0.2, 0.25) is 11.8 Å². The summed E-state index contributed by atoms with van der Waals surface area (Å²) in [5.41, 5.74) is 2.23. The summed E-state index contributed by atoms with van der Waals surface area (Å²) in [5, 5.41) is 0. The van der Waals surface area contributed by atoms with Gasteiger partial charge < -0.3 is 9.80 Å². The monoisotopic (exact) mass is 355 g/mol. The smallest absolute Gasteiger partial charge is 0.228 e. The lowest BCUT2D eigenvalue weighted by atomic mass is 9.92. The molecule has 0 aliphatic carbocycles. The standard InChI is InChI=1S/C21H29N3O2/c1-4-10-23-11-5-12-24(14-13-23)21(26)18-15-19(25)22(3)20(18)17-8-6-16(2)7-9-17/h4,6-9,18,20H,1,5,10-15H2,2-3H3. The zero-order valence-corrected chi connectivity index (χ0v) is 15.9. The highest BCUT2D eigenvalue weighted by atomic mass is 16.2. The molecule has 2 atom stereocenters. The van der Waals surface area contributed by atoms with Crippen LogP contribution in [-0.4, -0.2) is 66.3 Å². The Bertz CT molecular complexity index is 670. The SMILES string of the molecule is C=CCN1CCCN(C(=O)C2CC(=O)N(C)C2c2ccc(C)cc2)CC1. The molecule has 1 aromatic carbocycles. The van der Waals surface area contributed by atoms with Crippen molar-refractivity contribution < 1.29 is 9.59 Å². The average Bonchev–Trinajstić information content (AvgIpc) is 2.80. The second-order valence-corrected chi connectivity index (χ2v) is 7.44. The summed E-state index contributed by atoms with van der Waals surface area (Å²) in [4.78, 5) is 31.7. The van der Waals surface area contributed by atoms with Gasteiger partial charge in [-0.05, 0) is 18.9 Å². The second-order valence-electron chi connectivity index (χ2n) is 7.44. The van der Waals surface area contributed by atoms with Gasteiger partial charge in [0.15, 0.2) is 0 Å². The molecule has 5 nitrogen and oxygen atoms in total. The molecule has 0 saturated carbocycles. The fourth-order valence-electron chi connectivity index (χ4n) is 4.10. The number of benzene rings is 1. The van der Waals surface area contributed by atoms with Crippen molar-refractivity contribution in [2.24, 2.45) is 5.92 Å². The molecule has 2 saturated heterocycles. The Balaban J connectivity index is 1.77. The first-order valence-corrected chi connectivity index (χ1v) is 9.45. The van der Waals surface area contributed by atoms with Crippen LogP contribution in [0.5, 0.6) is 0 Å². The van der Waals surface area contributed by atoms with E-state index >= 15 is 0 Å². The molecule has 0 bridgehead atoms. The molecule has 2 aliphatic rings. The maximum atomic E-state index is 13.3. The number of hydrogen-bond acceptors (Lipinski definition) is 3. The lowest BCUT2D eigenvalue weighted by Gasteiger charge is -2.29. The fourth-order valence-corrected chi connectivity index (χ4v) is 4.10. The summed E-state index contributed by atoms with van der Waals surface area (Å²) in [6.45, 7) is 10.0. The zero-order chi connectivity index (χ0) is 18.7. The van der Waals surface area contributed by atoms with E-state index in [0.29, 0.717) is 6.42 Å². The molecule has 2 unspecified atom stereocenters. The lowest BCUT2D eigenvalue weighted by molar-refractivity contribution is -0.136. The van der Waals surface area contributed by atoms with E-state index in [9.17, 15) is 9.59 Å². The third-order valence-corrected chi connectivity index (χ3v) is 5.61.